The number of nitrogens with one attached hydrogen (secondary N) is 2. The first-order valence-corrected chi connectivity index (χ1v) is 11.4. The van der Waals surface area contributed by atoms with Gasteiger partial charge in [-0.25, -0.2) is 4.79 Å². The predicted octanol–water partition coefficient (Wildman–Crippen LogP) is 4.01. The van der Waals surface area contributed by atoms with Crippen LogP contribution in [0.2, 0.25) is 0 Å². The molecule has 0 amide bonds. The molecule has 2 heterocycles. The highest BCUT2D eigenvalue weighted by Crippen LogP contribution is 2.36. The lowest BCUT2D eigenvalue weighted by Crippen LogP contribution is -2.41. The topological polar surface area (TPSA) is 104 Å². The van der Waals surface area contributed by atoms with Gasteiger partial charge < -0.3 is 15.4 Å². The van der Waals surface area contributed by atoms with Gasteiger partial charge in [-0.3, -0.25) is 18.9 Å². The zero-order valence-electron chi connectivity index (χ0n) is 20.7. The van der Waals surface area contributed by atoms with Crippen LogP contribution in [0.3, 0.4) is 0 Å². The van der Waals surface area contributed by atoms with Crippen LogP contribution in [-0.2, 0) is 26.7 Å². The minimum absolute atomic E-state index is 0.00839. The quantitative estimate of drug-likeness (QED) is 0.277. The van der Waals surface area contributed by atoms with E-state index in [1.54, 1.807) is 25.1 Å². The maximum absolute atomic E-state index is 13.5. The normalized spacial score (nSPS) is 12.4. The third-order valence-electron chi connectivity index (χ3n) is 6.28. The first-order chi connectivity index (χ1) is 17.4. The number of halogens is 3. The minimum atomic E-state index is -4.50. The average molecular weight is 514 g/mol. The smallest absolute Gasteiger partial charge is 0.418 e. The number of hydrogen-bond acceptors (Lipinski definition) is 4. The molecule has 0 fully saturated rings. The van der Waals surface area contributed by atoms with E-state index in [-0.39, 0.29) is 29.9 Å². The third-order valence-corrected chi connectivity index (χ3v) is 6.28. The van der Waals surface area contributed by atoms with Crippen molar-refractivity contribution in [3.63, 3.8) is 0 Å². The summed E-state index contributed by atoms with van der Waals surface area (Å²) >= 11 is 0. The Morgan fingerprint density at radius 1 is 1.05 bits per heavy atom. The van der Waals surface area contributed by atoms with E-state index in [4.69, 9.17) is 0 Å². The number of H-pyrrole nitrogens is 1. The Morgan fingerprint density at radius 2 is 1.73 bits per heavy atom. The SMILES string of the molecule is Cc1ccc(NC(=NCCc2c(C)[nH]c3c(C(F)(F)F)cccc23)c2c(O)n(C)c(=O)n(C)c2=O)cc1. The number of aromatic hydroxyl groups is 1. The first kappa shape index (κ1) is 25.8. The highest BCUT2D eigenvalue weighted by atomic mass is 19.4. The van der Waals surface area contributed by atoms with E-state index in [1.807, 2.05) is 19.1 Å². The molecule has 8 nitrogen and oxygen atoms in total. The number of amidine groups is 1. The molecule has 194 valence electrons. The van der Waals surface area contributed by atoms with Crippen molar-refractivity contribution in [3.8, 4) is 5.88 Å². The van der Waals surface area contributed by atoms with E-state index in [0.29, 0.717) is 22.3 Å². The molecular weight excluding hydrogens is 487 g/mol. The number of aliphatic imine (C=N–C) groups is 1. The summed E-state index contributed by atoms with van der Waals surface area (Å²) in [6.07, 6.45) is -4.24. The lowest BCUT2D eigenvalue weighted by Gasteiger charge is -2.14. The largest absolute Gasteiger partial charge is 0.494 e. The molecule has 37 heavy (non-hydrogen) atoms. The molecule has 0 saturated carbocycles. The summed E-state index contributed by atoms with van der Waals surface area (Å²) in [4.78, 5) is 32.6. The van der Waals surface area contributed by atoms with Crippen molar-refractivity contribution >= 4 is 22.4 Å². The summed E-state index contributed by atoms with van der Waals surface area (Å²) in [6.45, 7) is 3.70. The van der Waals surface area contributed by atoms with Crippen molar-refractivity contribution in [3.05, 3.63) is 91.3 Å². The number of anilines is 1. The number of aromatic amines is 1. The van der Waals surface area contributed by atoms with E-state index in [1.165, 1.54) is 20.2 Å². The van der Waals surface area contributed by atoms with E-state index in [0.717, 1.165) is 20.8 Å². The average Bonchev–Trinajstić information content (AvgIpc) is 3.17. The fraction of sp³-hybridized carbons (Fsp3) is 0.269. The van der Waals surface area contributed by atoms with Gasteiger partial charge in [0.05, 0.1) is 11.1 Å². The molecule has 2 aromatic heterocycles. The zero-order valence-corrected chi connectivity index (χ0v) is 20.7. The Bertz CT molecular complexity index is 1630. The van der Waals surface area contributed by atoms with Gasteiger partial charge in [0, 0.05) is 37.4 Å². The van der Waals surface area contributed by atoms with Crippen LogP contribution in [0.1, 0.15) is 27.9 Å². The van der Waals surface area contributed by atoms with E-state index < -0.39 is 28.9 Å². The summed E-state index contributed by atoms with van der Waals surface area (Å²) in [5.41, 5.74) is 0.481. The van der Waals surface area contributed by atoms with Crippen LogP contribution in [0.5, 0.6) is 5.88 Å². The number of aryl methyl sites for hydroxylation is 2. The van der Waals surface area contributed by atoms with Gasteiger partial charge in [-0.05, 0) is 44.0 Å². The molecule has 0 radical (unpaired) electrons. The summed E-state index contributed by atoms with van der Waals surface area (Å²) in [6, 6.07) is 11.3. The third kappa shape index (κ3) is 4.89. The lowest BCUT2D eigenvalue weighted by atomic mass is 10.1. The monoisotopic (exact) mass is 513 g/mol. The second-order valence-electron chi connectivity index (χ2n) is 8.83. The summed E-state index contributed by atoms with van der Waals surface area (Å²) in [5, 5.41) is 14.2. The predicted molar refractivity (Wildman–Crippen MR) is 137 cm³/mol. The lowest BCUT2D eigenvalue weighted by molar-refractivity contribution is -0.136. The van der Waals surface area contributed by atoms with Gasteiger partial charge in [-0.1, -0.05) is 29.8 Å². The Kier molecular flexibility index (Phi) is 6.72. The van der Waals surface area contributed by atoms with Crippen molar-refractivity contribution in [2.45, 2.75) is 26.4 Å². The van der Waals surface area contributed by atoms with Crippen molar-refractivity contribution in [2.24, 2.45) is 19.1 Å². The van der Waals surface area contributed by atoms with Crippen LogP contribution in [-0.4, -0.2) is 31.6 Å². The molecule has 2 aromatic carbocycles. The van der Waals surface area contributed by atoms with Gasteiger partial charge in [0.2, 0.25) is 5.88 Å². The molecule has 0 unspecified atom stereocenters. The minimum Gasteiger partial charge on any atom is -0.494 e. The molecule has 0 spiro atoms. The molecule has 3 N–H and O–H groups in total. The van der Waals surface area contributed by atoms with Gasteiger partial charge in [-0.2, -0.15) is 13.2 Å². The van der Waals surface area contributed by atoms with Crippen LogP contribution >= 0.6 is 0 Å². The molecule has 4 rings (SSSR count). The molecule has 0 bridgehead atoms. The van der Waals surface area contributed by atoms with Crippen molar-refractivity contribution in [1.82, 2.24) is 14.1 Å². The van der Waals surface area contributed by atoms with E-state index in [9.17, 15) is 27.9 Å². The number of alkyl halides is 3. The second kappa shape index (κ2) is 9.64. The maximum Gasteiger partial charge on any atom is 0.418 e. The first-order valence-electron chi connectivity index (χ1n) is 11.4. The molecular formula is C26H26F3N5O3. The fourth-order valence-corrected chi connectivity index (χ4v) is 4.24. The van der Waals surface area contributed by atoms with Crippen LogP contribution in [0.15, 0.2) is 57.0 Å². The van der Waals surface area contributed by atoms with Gasteiger partial charge in [-0.15, -0.1) is 0 Å². The number of nitrogens with zero attached hydrogens (tertiary/aromatic N) is 3. The zero-order chi connectivity index (χ0) is 27.1. The Balaban J connectivity index is 1.77. The van der Waals surface area contributed by atoms with Gasteiger partial charge in [0.25, 0.3) is 5.56 Å². The number of fused-ring (bicyclic) bond motifs is 1. The number of hydrogen-bond donors (Lipinski definition) is 3. The number of rotatable bonds is 5. The highest BCUT2D eigenvalue weighted by Gasteiger charge is 2.33. The van der Waals surface area contributed by atoms with Crippen molar-refractivity contribution in [1.29, 1.82) is 0 Å². The van der Waals surface area contributed by atoms with Crippen LogP contribution in [0.25, 0.3) is 10.9 Å². The van der Waals surface area contributed by atoms with E-state index in [2.05, 4.69) is 15.3 Å². The second-order valence-corrected chi connectivity index (χ2v) is 8.83. The van der Waals surface area contributed by atoms with Crippen LogP contribution < -0.4 is 16.6 Å². The molecule has 0 aliphatic carbocycles. The highest BCUT2D eigenvalue weighted by molar-refractivity contribution is 6.09. The molecule has 0 aliphatic heterocycles. The Labute approximate surface area is 209 Å². The van der Waals surface area contributed by atoms with Gasteiger partial charge in [0.1, 0.15) is 11.4 Å². The maximum atomic E-state index is 13.5. The van der Waals surface area contributed by atoms with Crippen molar-refractivity contribution in [2.75, 3.05) is 11.9 Å². The summed E-state index contributed by atoms with van der Waals surface area (Å²) < 4.78 is 42.2. The summed E-state index contributed by atoms with van der Waals surface area (Å²) in [7, 11) is 2.63. The van der Waals surface area contributed by atoms with Crippen LogP contribution in [0, 0.1) is 13.8 Å². The van der Waals surface area contributed by atoms with Gasteiger partial charge >= 0.3 is 11.9 Å². The molecule has 4 aromatic rings. The number of aromatic nitrogens is 3. The number of para-hydroxylation sites is 1. The van der Waals surface area contributed by atoms with Gasteiger partial charge in [0.15, 0.2) is 0 Å². The molecule has 0 atom stereocenters. The summed E-state index contributed by atoms with van der Waals surface area (Å²) in [5.74, 6) is -0.518. The molecule has 0 saturated heterocycles. The Hall–Kier alpha value is -4.28. The van der Waals surface area contributed by atoms with Crippen LogP contribution in [0.4, 0.5) is 18.9 Å². The molecule has 11 heteroatoms. The Morgan fingerprint density at radius 3 is 2.38 bits per heavy atom. The standard InChI is InChI=1S/C26H26F3N5O3/c1-14-8-10-16(11-9-14)32-22(20-23(35)33(3)25(37)34(4)24(20)36)30-13-12-17-15(2)31-21-18(17)6-5-7-19(21)26(27,28)29/h5-11,31,35H,12-13H2,1-4H3,(H,30,32). The fourth-order valence-electron chi connectivity index (χ4n) is 4.24. The van der Waals surface area contributed by atoms with Crippen molar-refractivity contribution < 1.29 is 18.3 Å². The number of benzene rings is 2. The van der Waals surface area contributed by atoms with E-state index >= 15 is 0 Å². The molecule has 0 aliphatic rings.